The second-order valence-electron chi connectivity index (χ2n) is 16.3. The van der Waals surface area contributed by atoms with Crippen LogP contribution in [0, 0.1) is 0 Å². The van der Waals surface area contributed by atoms with Crippen molar-refractivity contribution in [3.8, 4) is 11.5 Å². The Kier molecular flexibility index (Phi) is 12.7. The monoisotopic (exact) mass is 655 g/mol. The van der Waals surface area contributed by atoms with E-state index >= 15 is 0 Å². The normalized spacial score (nSPS) is 12.6. The molecule has 0 amide bonds. The van der Waals surface area contributed by atoms with Gasteiger partial charge in [-0.1, -0.05) is 83.1 Å². The highest BCUT2D eigenvalue weighted by Gasteiger charge is 2.30. The first-order valence-corrected chi connectivity index (χ1v) is 16.3. The van der Waals surface area contributed by atoms with Crippen molar-refractivity contribution in [2.75, 3.05) is 40.0 Å². The third-order valence-electron chi connectivity index (χ3n) is 8.06. The molecule has 0 aliphatic heterocycles. The number of phenolic OH excluding ortho intramolecular Hbond substituents is 2. The summed E-state index contributed by atoms with van der Waals surface area (Å²) >= 11 is 0. The van der Waals surface area contributed by atoms with Gasteiger partial charge >= 0.3 is 17.9 Å². The second-order valence-corrected chi connectivity index (χ2v) is 16.3. The summed E-state index contributed by atoms with van der Waals surface area (Å²) < 4.78 is 16.1. The van der Waals surface area contributed by atoms with Gasteiger partial charge in [-0.25, -0.2) is 9.59 Å². The zero-order valence-corrected chi connectivity index (χ0v) is 30.8. The number of carbonyl (C=O) groups excluding carboxylic acids is 3. The molecule has 0 heterocycles. The van der Waals surface area contributed by atoms with Gasteiger partial charge in [0.05, 0.1) is 24.7 Å². The second kappa shape index (κ2) is 15.1. The van der Waals surface area contributed by atoms with Gasteiger partial charge in [-0.05, 0) is 45.9 Å². The minimum absolute atomic E-state index is 0.0341. The van der Waals surface area contributed by atoms with Crippen molar-refractivity contribution in [1.82, 2.24) is 4.90 Å². The molecule has 0 aliphatic carbocycles. The summed E-state index contributed by atoms with van der Waals surface area (Å²) in [4.78, 5) is 40.2. The summed E-state index contributed by atoms with van der Waals surface area (Å²) in [6.07, 6.45) is 0.113. The molecule has 2 rings (SSSR count). The Morgan fingerprint density at radius 1 is 0.574 bits per heavy atom. The summed E-state index contributed by atoms with van der Waals surface area (Å²) in [6.45, 7) is 24.7. The van der Waals surface area contributed by atoms with Gasteiger partial charge in [-0.3, -0.25) is 9.69 Å². The molecule has 47 heavy (non-hydrogen) atoms. The predicted molar refractivity (Wildman–Crippen MR) is 185 cm³/mol. The number of hydrogen-bond donors (Lipinski definition) is 2. The van der Waals surface area contributed by atoms with E-state index in [1.165, 1.54) is 7.11 Å². The quantitative estimate of drug-likeness (QED) is 0.192. The largest absolute Gasteiger partial charge is 0.507 e. The molecular formula is C38H57NO8. The fourth-order valence-corrected chi connectivity index (χ4v) is 5.18. The number of hydrogen-bond acceptors (Lipinski definition) is 9. The molecule has 0 spiro atoms. The third kappa shape index (κ3) is 11.0. The topological polar surface area (TPSA) is 123 Å². The third-order valence-corrected chi connectivity index (χ3v) is 8.06. The fraction of sp³-hybridized carbons (Fsp3) is 0.605. The predicted octanol–water partition coefficient (Wildman–Crippen LogP) is 7.17. The molecule has 2 aromatic carbocycles. The van der Waals surface area contributed by atoms with E-state index in [0.717, 1.165) is 0 Å². The van der Waals surface area contributed by atoms with E-state index in [0.29, 0.717) is 39.9 Å². The first-order chi connectivity index (χ1) is 21.4. The number of benzene rings is 2. The number of esters is 3. The molecule has 0 unspecified atom stereocenters. The average Bonchev–Trinajstić information content (AvgIpc) is 2.92. The maximum atomic E-state index is 13.2. The Bertz CT molecular complexity index is 1260. The lowest BCUT2D eigenvalue weighted by atomic mass is 9.78. The first kappa shape index (κ1) is 39.6. The smallest absolute Gasteiger partial charge is 0.338 e. The van der Waals surface area contributed by atoms with Crippen LogP contribution in [-0.2, 0) is 40.7 Å². The molecule has 9 heteroatoms. The van der Waals surface area contributed by atoms with Crippen molar-refractivity contribution < 1.29 is 38.8 Å². The van der Waals surface area contributed by atoms with Crippen LogP contribution >= 0.6 is 0 Å². The highest BCUT2D eigenvalue weighted by molar-refractivity contribution is 5.91. The van der Waals surface area contributed by atoms with Crippen LogP contribution < -0.4 is 0 Å². The van der Waals surface area contributed by atoms with Crippen LogP contribution in [0.2, 0.25) is 0 Å². The Hall–Kier alpha value is -3.59. The number of methoxy groups -OCH3 is 1. The Labute approximate surface area is 281 Å². The lowest BCUT2D eigenvalue weighted by Crippen LogP contribution is -2.34. The van der Waals surface area contributed by atoms with Gasteiger partial charge in [0.2, 0.25) is 0 Å². The van der Waals surface area contributed by atoms with Crippen LogP contribution in [-0.4, -0.2) is 73.0 Å². The molecule has 2 N–H and O–H groups in total. The molecule has 0 bridgehead atoms. The molecule has 0 aromatic heterocycles. The Morgan fingerprint density at radius 2 is 0.872 bits per heavy atom. The van der Waals surface area contributed by atoms with Gasteiger partial charge in [-0.2, -0.15) is 0 Å². The average molecular weight is 656 g/mol. The molecule has 262 valence electrons. The summed E-state index contributed by atoms with van der Waals surface area (Å²) in [6, 6.07) is 6.73. The maximum Gasteiger partial charge on any atom is 0.338 e. The molecule has 9 nitrogen and oxygen atoms in total. The summed E-state index contributed by atoms with van der Waals surface area (Å²) in [5, 5.41) is 22.0. The zero-order valence-electron chi connectivity index (χ0n) is 30.8. The van der Waals surface area contributed by atoms with Crippen LogP contribution in [0.25, 0.3) is 0 Å². The number of rotatable bonds is 11. The molecule has 0 aliphatic rings. The summed E-state index contributed by atoms with van der Waals surface area (Å²) in [5.41, 5.74) is 1.77. The molecule has 0 saturated heterocycles. The van der Waals surface area contributed by atoms with Crippen molar-refractivity contribution in [2.24, 2.45) is 0 Å². The van der Waals surface area contributed by atoms with Crippen LogP contribution in [0.4, 0.5) is 0 Å². The number of carbonyl (C=O) groups is 3. The van der Waals surface area contributed by atoms with E-state index in [4.69, 9.17) is 14.2 Å². The Morgan fingerprint density at radius 3 is 1.13 bits per heavy atom. The van der Waals surface area contributed by atoms with Crippen molar-refractivity contribution >= 4 is 17.9 Å². The SMILES string of the molecule is COC(=O)CCN(CCOC(=O)c1cc(C(C)(C)C)c(O)c(C(C)(C)C)c1)CCOC(=O)c1cc(C(C)(C)C)c(O)c(C(C)(C)C)c1. The van der Waals surface area contributed by atoms with Crippen LogP contribution in [0.15, 0.2) is 24.3 Å². The zero-order chi connectivity index (χ0) is 36.1. The van der Waals surface area contributed by atoms with Gasteiger partial charge in [-0.15, -0.1) is 0 Å². The van der Waals surface area contributed by atoms with E-state index in [1.54, 1.807) is 24.3 Å². The van der Waals surface area contributed by atoms with Crippen LogP contribution in [0.1, 0.15) is 132 Å². The summed E-state index contributed by atoms with van der Waals surface area (Å²) in [5.74, 6) is -1.05. The van der Waals surface area contributed by atoms with Crippen molar-refractivity contribution in [2.45, 2.75) is 111 Å². The standard InChI is InChI=1S/C38H57NO8/c1-35(2,3)26-20-24(21-27(31(26)41)36(4,5)6)33(43)46-18-16-39(15-14-30(40)45-13)17-19-47-34(44)25-22-28(37(7,8)9)32(42)29(23-25)38(10,11)12/h20-23,41-42H,14-19H2,1-13H3. The molecule has 0 radical (unpaired) electrons. The maximum absolute atomic E-state index is 13.2. The van der Waals surface area contributed by atoms with Crippen molar-refractivity contribution in [3.63, 3.8) is 0 Å². The first-order valence-electron chi connectivity index (χ1n) is 16.3. The minimum Gasteiger partial charge on any atom is -0.507 e. The molecule has 0 atom stereocenters. The van der Waals surface area contributed by atoms with E-state index in [1.807, 2.05) is 88.0 Å². The number of phenols is 2. The minimum atomic E-state index is -0.517. The van der Waals surface area contributed by atoms with Gasteiger partial charge in [0.15, 0.2) is 0 Å². The van der Waals surface area contributed by atoms with E-state index in [9.17, 15) is 24.6 Å². The Balaban J connectivity index is 2.19. The fourth-order valence-electron chi connectivity index (χ4n) is 5.18. The lowest BCUT2D eigenvalue weighted by Gasteiger charge is -2.28. The van der Waals surface area contributed by atoms with Crippen LogP contribution in [0.3, 0.4) is 0 Å². The number of nitrogens with zero attached hydrogens (tertiary/aromatic N) is 1. The highest BCUT2D eigenvalue weighted by atomic mass is 16.5. The van der Waals surface area contributed by atoms with E-state index in [2.05, 4.69) is 0 Å². The van der Waals surface area contributed by atoms with Gasteiger partial charge in [0.25, 0.3) is 0 Å². The lowest BCUT2D eigenvalue weighted by molar-refractivity contribution is -0.141. The number of aromatic hydroxyl groups is 2. The highest BCUT2D eigenvalue weighted by Crippen LogP contribution is 2.41. The van der Waals surface area contributed by atoms with Gasteiger partial charge in [0.1, 0.15) is 24.7 Å². The molecule has 0 saturated carbocycles. The molecule has 2 aromatic rings. The van der Waals surface area contributed by atoms with Gasteiger partial charge in [0, 0.05) is 41.9 Å². The van der Waals surface area contributed by atoms with Crippen LogP contribution in [0.5, 0.6) is 11.5 Å². The van der Waals surface area contributed by atoms with Gasteiger partial charge < -0.3 is 24.4 Å². The van der Waals surface area contributed by atoms with Crippen molar-refractivity contribution in [1.29, 1.82) is 0 Å². The van der Waals surface area contributed by atoms with E-state index in [-0.39, 0.29) is 50.2 Å². The summed E-state index contributed by atoms with van der Waals surface area (Å²) in [7, 11) is 1.32. The molecule has 0 fully saturated rings. The van der Waals surface area contributed by atoms with Crippen molar-refractivity contribution in [3.05, 3.63) is 57.6 Å². The molecular weight excluding hydrogens is 598 g/mol. The number of ether oxygens (including phenoxy) is 3. The van der Waals surface area contributed by atoms with E-state index < -0.39 is 33.6 Å².